The van der Waals surface area contributed by atoms with E-state index in [1.807, 2.05) is 5.38 Å². The lowest BCUT2D eigenvalue weighted by Crippen LogP contribution is -2.08. The van der Waals surface area contributed by atoms with Crippen molar-refractivity contribution in [2.45, 2.75) is 39.3 Å². The maximum atomic E-state index is 13.2. The standard InChI is InChI=1S/C15H19FN2OS/c1-9(2)15-18-12(8-20-15)7-19-14-5-4-11(16)6-13(14)10(3)17/h4-6,8-10H,7,17H2,1-3H3/t10-/m1/s1. The molecule has 1 heterocycles. The van der Waals surface area contributed by atoms with Crippen molar-refractivity contribution in [3.8, 4) is 5.75 Å². The molecule has 1 aromatic heterocycles. The Morgan fingerprint density at radius 2 is 2.10 bits per heavy atom. The van der Waals surface area contributed by atoms with Gasteiger partial charge in [0.2, 0.25) is 0 Å². The summed E-state index contributed by atoms with van der Waals surface area (Å²) in [5.41, 5.74) is 7.39. The molecule has 2 N–H and O–H groups in total. The first-order valence-electron chi connectivity index (χ1n) is 6.59. The van der Waals surface area contributed by atoms with Gasteiger partial charge in [-0.2, -0.15) is 0 Å². The second-order valence-electron chi connectivity index (χ2n) is 5.09. The lowest BCUT2D eigenvalue weighted by molar-refractivity contribution is 0.296. The summed E-state index contributed by atoms with van der Waals surface area (Å²) >= 11 is 1.63. The fraction of sp³-hybridized carbons (Fsp3) is 0.400. The normalized spacial score (nSPS) is 12.7. The summed E-state index contributed by atoms with van der Waals surface area (Å²) in [5.74, 6) is 0.722. The molecule has 0 spiro atoms. The van der Waals surface area contributed by atoms with Crippen LogP contribution in [0.5, 0.6) is 5.75 Å². The molecule has 0 saturated heterocycles. The number of hydrogen-bond acceptors (Lipinski definition) is 4. The summed E-state index contributed by atoms with van der Waals surface area (Å²) in [7, 11) is 0. The Labute approximate surface area is 122 Å². The van der Waals surface area contributed by atoms with E-state index in [-0.39, 0.29) is 11.9 Å². The minimum absolute atomic E-state index is 0.276. The van der Waals surface area contributed by atoms with Crippen LogP contribution in [0.25, 0.3) is 0 Å². The molecule has 0 fully saturated rings. The summed E-state index contributed by atoms with van der Waals surface area (Å²) in [4.78, 5) is 4.51. The molecule has 0 unspecified atom stereocenters. The van der Waals surface area contributed by atoms with Gasteiger partial charge in [-0.25, -0.2) is 9.37 Å². The van der Waals surface area contributed by atoms with Crippen LogP contribution in [0.2, 0.25) is 0 Å². The third-order valence-electron chi connectivity index (χ3n) is 2.90. The Morgan fingerprint density at radius 3 is 2.70 bits per heavy atom. The summed E-state index contributed by atoms with van der Waals surface area (Å²) in [5, 5.41) is 3.08. The first-order chi connectivity index (χ1) is 9.47. The second kappa shape index (κ2) is 6.33. The highest BCUT2D eigenvalue weighted by atomic mass is 32.1. The average molecular weight is 294 g/mol. The molecule has 108 valence electrons. The van der Waals surface area contributed by atoms with Crippen LogP contribution in [-0.4, -0.2) is 4.98 Å². The van der Waals surface area contributed by atoms with E-state index in [2.05, 4.69) is 18.8 Å². The van der Waals surface area contributed by atoms with Crippen molar-refractivity contribution in [1.82, 2.24) is 4.98 Å². The maximum Gasteiger partial charge on any atom is 0.131 e. The Hall–Kier alpha value is -1.46. The third kappa shape index (κ3) is 3.55. The number of aromatic nitrogens is 1. The first kappa shape index (κ1) is 14.9. The Balaban J connectivity index is 2.10. The molecule has 0 amide bonds. The zero-order valence-electron chi connectivity index (χ0n) is 11.9. The van der Waals surface area contributed by atoms with Crippen LogP contribution in [0, 0.1) is 5.82 Å². The number of halogens is 1. The minimum atomic E-state index is -0.305. The van der Waals surface area contributed by atoms with Crippen LogP contribution in [0.3, 0.4) is 0 Å². The molecule has 0 bridgehead atoms. The number of nitrogens with two attached hydrogens (primary N) is 1. The summed E-state index contributed by atoms with van der Waals surface area (Å²) in [6.07, 6.45) is 0. The number of ether oxygens (including phenoxy) is 1. The number of benzene rings is 1. The molecule has 0 saturated carbocycles. The highest BCUT2D eigenvalue weighted by Gasteiger charge is 2.11. The van der Waals surface area contributed by atoms with Gasteiger partial charge in [0.05, 0.1) is 10.7 Å². The van der Waals surface area contributed by atoms with Crippen LogP contribution in [0.15, 0.2) is 23.6 Å². The highest BCUT2D eigenvalue weighted by Crippen LogP contribution is 2.26. The topological polar surface area (TPSA) is 48.1 Å². The molecule has 0 aliphatic heterocycles. The predicted octanol–water partition coefficient (Wildman–Crippen LogP) is 4.00. The van der Waals surface area contributed by atoms with Gasteiger partial charge in [-0.15, -0.1) is 11.3 Å². The minimum Gasteiger partial charge on any atom is -0.487 e. The van der Waals surface area contributed by atoms with Crippen molar-refractivity contribution >= 4 is 11.3 Å². The third-order valence-corrected chi connectivity index (χ3v) is 4.10. The second-order valence-corrected chi connectivity index (χ2v) is 5.98. The molecule has 2 aromatic rings. The molecule has 5 heteroatoms. The SMILES string of the molecule is CC(C)c1nc(COc2ccc(F)cc2[C@@H](C)N)cs1. The molecular formula is C15H19FN2OS. The van der Waals surface area contributed by atoms with Crippen LogP contribution in [0.1, 0.15) is 49.0 Å². The number of nitrogens with zero attached hydrogens (tertiary/aromatic N) is 1. The van der Waals surface area contributed by atoms with Crippen LogP contribution in [-0.2, 0) is 6.61 Å². The van der Waals surface area contributed by atoms with Crippen LogP contribution in [0.4, 0.5) is 4.39 Å². The van der Waals surface area contributed by atoms with E-state index in [1.165, 1.54) is 12.1 Å². The molecule has 2 rings (SSSR count). The summed E-state index contributed by atoms with van der Waals surface area (Å²) in [6.45, 7) is 6.39. The van der Waals surface area contributed by atoms with E-state index in [9.17, 15) is 4.39 Å². The zero-order chi connectivity index (χ0) is 14.7. The Bertz CT molecular complexity index is 581. The van der Waals surface area contributed by atoms with Gasteiger partial charge in [0, 0.05) is 22.9 Å². The number of hydrogen-bond donors (Lipinski definition) is 1. The maximum absolute atomic E-state index is 13.2. The van der Waals surface area contributed by atoms with Crippen molar-refractivity contribution in [2.75, 3.05) is 0 Å². The molecule has 0 aliphatic carbocycles. The van der Waals surface area contributed by atoms with E-state index in [0.717, 1.165) is 10.7 Å². The van der Waals surface area contributed by atoms with Gasteiger partial charge < -0.3 is 10.5 Å². The van der Waals surface area contributed by atoms with E-state index >= 15 is 0 Å². The zero-order valence-corrected chi connectivity index (χ0v) is 12.7. The number of rotatable bonds is 5. The molecular weight excluding hydrogens is 275 g/mol. The Morgan fingerprint density at radius 1 is 1.35 bits per heavy atom. The average Bonchev–Trinajstić information content (AvgIpc) is 2.86. The summed E-state index contributed by atoms with van der Waals surface area (Å²) in [6, 6.07) is 4.13. The fourth-order valence-electron chi connectivity index (χ4n) is 1.81. The van der Waals surface area contributed by atoms with Gasteiger partial charge in [-0.05, 0) is 25.1 Å². The van der Waals surface area contributed by atoms with Crippen molar-refractivity contribution in [3.05, 3.63) is 45.7 Å². The lowest BCUT2D eigenvalue weighted by Gasteiger charge is -2.13. The van der Waals surface area contributed by atoms with Gasteiger partial charge >= 0.3 is 0 Å². The van der Waals surface area contributed by atoms with Crippen molar-refractivity contribution in [2.24, 2.45) is 5.73 Å². The van der Waals surface area contributed by atoms with Crippen LogP contribution < -0.4 is 10.5 Å². The summed E-state index contributed by atoms with van der Waals surface area (Å²) < 4.78 is 19.0. The van der Waals surface area contributed by atoms with Gasteiger partial charge in [-0.1, -0.05) is 13.8 Å². The van der Waals surface area contributed by atoms with E-state index in [0.29, 0.717) is 23.8 Å². The van der Waals surface area contributed by atoms with Gasteiger partial charge in [-0.3, -0.25) is 0 Å². The van der Waals surface area contributed by atoms with Gasteiger partial charge in [0.25, 0.3) is 0 Å². The highest BCUT2D eigenvalue weighted by molar-refractivity contribution is 7.09. The molecule has 3 nitrogen and oxygen atoms in total. The predicted molar refractivity (Wildman–Crippen MR) is 79.5 cm³/mol. The van der Waals surface area contributed by atoms with E-state index in [1.54, 1.807) is 24.3 Å². The molecule has 0 radical (unpaired) electrons. The quantitative estimate of drug-likeness (QED) is 0.906. The van der Waals surface area contributed by atoms with Crippen molar-refractivity contribution in [1.29, 1.82) is 0 Å². The fourth-order valence-corrected chi connectivity index (χ4v) is 2.63. The Kier molecular flexibility index (Phi) is 4.73. The van der Waals surface area contributed by atoms with Crippen LogP contribution >= 0.6 is 11.3 Å². The molecule has 1 atom stereocenters. The largest absolute Gasteiger partial charge is 0.487 e. The monoisotopic (exact) mass is 294 g/mol. The lowest BCUT2D eigenvalue weighted by atomic mass is 10.1. The van der Waals surface area contributed by atoms with E-state index in [4.69, 9.17) is 10.5 Å². The number of thiazole rings is 1. The molecule has 0 aliphatic rings. The van der Waals surface area contributed by atoms with Crippen molar-refractivity contribution in [3.63, 3.8) is 0 Å². The smallest absolute Gasteiger partial charge is 0.131 e. The van der Waals surface area contributed by atoms with Crippen molar-refractivity contribution < 1.29 is 9.13 Å². The van der Waals surface area contributed by atoms with Gasteiger partial charge in [0.1, 0.15) is 18.2 Å². The first-order valence-corrected chi connectivity index (χ1v) is 7.47. The molecule has 20 heavy (non-hydrogen) atoms. The van der Waals surface area contributed by atoms with Gasteiger partial charge in [0.15, 0.2) is 0 Å². The molecule has 1 aromatic carbocycles. The van der Waals surface area contributed by atoms with E-state index < -0.39 is 0 Å².